The third kappa shape index (κ3) is 4.58. The molecule has 2 aromatic carbocycles. The van der Waals surface area contributed by atoms with Crippen LogP contribution in [0, 0.1) is 6.92 Å². The van der Waals surface area contributed by atoms with Crippen LogP contribution in [0.4, 0.5) is 0 Å². The Balaban J connectivity index is 1.42. The second-order valence-corrected chi connectivity index (χ2v) is 7.96. The summed E-state index contributed by atoms with van der Waals surface area (Å²) in [5.74, 6) is -0.912. The number of nitrogens with one attached hydrogen (secondary N) is 1. The maximum Gasteiger partial charge on any atom is 0.335 e. The quantitative estimate of drug-likeness (QED) is 0.582. The largest absolute Gasteiger partial charge is 0.478 e. The van der Waals surface area contributed by atoms with Gasteiger partial charge in [-0.2, -0.15) is 0 Å². The minimum absolute atomic E-state index is 0.295. The lowest BCUT2D eigenvalue weighted by molar-refractivity contribution is 0.0697. The number of carboxylic acid groups (broad SMARTS) is 1. The van der Waals surface area contributed by atoms with Gasteiger partial charge in [-0.1, -0.05) is 36.4 Å². The van der Waals surface area contributed by atoms with Crippen molar-refractivity contribution < 1.29 is 15.0 Å². The van der Waals surface area contributed by atoms with Gasteiger partial charge in [-0.3, -0.25) is 4.98 Å². The fourth-order valence-corrected chi connectivity index (χ4v) is 3.99. The second kappa shape index (κ2) is 8.78. The van der Waals surface area contributed by atoms with Crippen LogP contribution in [-0.2, 0) is 12.8 Å². The van der Waals surface area contributed by atoms with Gasteiger partial charge in [0.15, 0.2) is 0 Å². The van der Waals surface area contributed by atoms with Gasteiger partial charge in [0.25, 0.3) is 0 Å². The Morgan fingerprint density at radius 3 is 2.57 bits per heavy atom. The predicted octanol–water partition coefficient (Wildman–Crippen LogP) is 3.94. The Bertz CT molecular complexity index is 1030. The van der Waals surface area contributed by atoms with Gasteiger partial charge >= 0.3 is 5.97 Å². The summed E-state index contributed by atoms with van der Waals surface area (Å²) in [4.78, 5) is 15.3. The average molecular weight is 402 g/mol. The highest BCUT2D eigenvalue weighted by Crippen LogP contribution is 2.28. The molecular weight excluding hydrogens is 376 g/mol. The third-order valence-corrected chi connectivity index (χ3v) is 5.82. The molecule has 0 amide bonds. The van der Waals surface area contributed by atoms with E-state index >= 15 is 0 Å². The van der Waals surface area contributed by atoms with E-state index in [1.54, 1.807) is 18.3 Å². The number of hydrogen-bond acceptors (Lipinski definition) is 4. The summed E-state index contributed by atoms with van der Waals surface area (Å²) >= 11 is 0. The molecule has 30 heavy (non-hydrogen) atoms. The van der Waals surface area contributed by atoms with Crippen LogP contribution in [0.25, 0.3) is 11.1 Å². The smallest absolute Gasteiger partial charge is 0.335 e. The molecule has 5 heteroatoms. The standard InChI is InChI=1S/C25H26N2O3/c1-16-2-3-21(14-26-16)24(28)15-27-23-11-10-18-6-9-20(12-22(18)13-23)17-4-7-19(8-5-17)25(29)30/h2-9,12,14,23-24,27-28H,10-11,13,15H2,1H3,(H,29,30)/t23-,24-/m0/s1. The minimum Gasteiger partial charge on any atom is -0.478 e. The number of aromatic nitrogens is 1. The molecule has 0 radical (unpaired) electrons. The highest BCUT2D eigenvalue weighted by Gasteiger charge is 2.20. The molecule has 0 spiro atoms. The van der Waals surface area contributed by atoms with E-state index in [0.29, 0.717) is 18.2 Å². The van der Waals surface area contributed by atoms with Crippen LogP contribution >= 0.6 is 0 Å². The van der Waals surface area contributed by atoms with Crippen LogP contribution in [0.2, 0.25) is 0 Å². The molecule has 0 saturated carbocycles. The van der Waals surface area contributed by atoms with Crippen LogP contribution in [0.1, 0.15) is 45.3 Å². The van der Waals surface area contributed by atoms with E-state index in [-0.39, 0.29) is 0 Å². The molecule has 1 aliphatic carbocycles. The molecule has 0 bridgehead atoms. The zero-order chi connectivity index (χ0) is 21.1. The number of nitrogens with zero attached hydrogens (tertiary/aromatic N) is 1. The maximum atomic E-state index is 11.1. The summed E-state index contributed by atoms with van der Waals surface area (Å²) in [6.45, 7) is 2.43. The van der Waals surface area contributed by atoms with Gasteiger partial charge in [0, 0.05) is 30.0 Å². The minimum atomic E-state index is -0.912. The molecule has 1 aromatic heterocycles. The van der Waals surface area contributed by atoms with Crippen molar-refractivity contribution in [2.75, 3.05) is 6.54 Å². The third-order valence-electron chi connectivity index (χ3n) is 5.82. The van der Waals surface area contributed by atoms with Crippen LogP contribution < -0.4 is 5.32 Å². The van der Waals surface area contributed by atoms with E-state index in [2.05, 4.69) is 28.5 Å². The molecule has 0 fully saturated rings. The summed E-state index contributed by atoms with van der Waals surface area (Å²) in [7, 11) is 0. The highest BCUT2D eigenvalue weighted by molar-refractivity contribution is 5.88. The van der Waals surface area contributed by atoms with Gasteiger partial charge in [0.2, 0.25) is 0 Å². The first-order valence-corrected chi connectivity index (χ1v) is 10.3. The molecule has 1 aliphatic rings. The summed E-state index contributed by atoms with van der Waals surface area (Å²) < 4.78 is 0. The number of aliphatic hydroxyl groups is 1. The molecule has 154 valence electrons. The lowest BCUT2D eigenvalue weighted by atomic mass is 9.86. The number of rotatable bonds is 6. The number of carbonyl (C=O) groups is 1. The molecule has 4 rings (SSSR count). The highest BCUT2D eigenvalue weighted by atomic mass is 16.4. The Labute approximate surface area is 176 Å². The van der Waals surface area contributed by atoms with Crippen molar-refractivity contribution in [3.63, 3.8) is 0 Å². The number of fused-ring (bicyclic) bond motifs is 1. The molecule has 3 N–H and O–H groups in total. The van der Waals surface area contributed by atoms with Crippen LogP contribution in [0.5, 0.6) is 0 Å². The molecule has 1 heterocycles. The van der Waals surface area contributed by atoms with E-state index < -0.39 is 12.1 Å². The SMILES string of the molecule is Cc1ccc([C@@H](O)CN[C@H]2CCc3ccc(-c4ccc(C(=O)O)cc4)cc3C2)cn1. The lowest BCUT2D eigenvalue weighted by Gasteiger charge is -2.27. The van der Waals surface area contributed by atoms with Gasteiger partial charge in [0.05, 0.1) is 11.7 Å². The number of carboxylic acids is 1. The average Bonchev–Trinajstić information content (AvgIpc) is 2.77. The molecule has 0 aliphatic heterocycles. The van der Waals surface area contributed by atoms with Crippen LogP contribution in [-0.4, -0.2) is 33.8 Å². The lowest BCUT2D eigenvalue weighted by Crippen LogP contribution is -2.37. The van der Waals surface area contributed by atoms with Gasteiger partial charge in [0.1, 0.15) is 0 Å². The fourth-order valence-electron chi connectivity index (χ4n) is 3.99. The van der Waals surface area contributed by atoms with Gasteiger partial charge in [-0.25, -0.2) is 4.79 Å². The van der Waals surface area contributed by atoms with E-state index in [4.69, 9.17) is 5.11 Å². The normalized spacial score (nSPS) is 16.7. The molecular formula is C25H26N2O3. The van der Waals surface area contributed by atoms with Gasteiger partial charge in [-0.15, -0.1) is 0 Å². The van der Waals surface area contributed by atoms with Crippen LogP contribution in [0.15, 0.2) is 60.8 Å². The van der Waals surface area contributed by atoms with Crippen molar-refractivity contribution in [3.8, 4) is 11.1 Å². The number of aliphatic hydroxyl groups excluding tert-OH is 1. The number of benzene rings is 2. The zero-order valence-corrected chi connectivity index (χ0v) is 17.0. The first-order valence-electron chi connectivity index (χ1n) is 10.3. The van der Waals surface area contributed by atoms with Crippen molar-refractivity contribution >= 4 is 5.97 Å². The molecule has 2 atom stereocenters. The Morgan fingerprint density at radius 1 is 1.10 bits per heavy atom. The van der Waals surface area contributed by atoms with Crippen LogP contribution in [0.3, 0.4) is 0 Å². The van der Waals surface area contributed by atoms with E-state index in [0.717, 1.165) is 41.6 Å². The first kappa shape index (κ1) is 20.3. The maximum absolute atomic E-state index is 11.1. The van der Waals surface area contributed by atoms with Crippen molar-refractivity contribution in [1.29, 1.82) is 0 Å². The van der Waals surface area contributed by atoms with E-state index in [9.17, 15) is 9.90 Å². The number of aryl methyl sites for hydroxylation is 2. The number of hydrogen-bond donors (Lipinski definition) is 3. The molecule has 5 nitrogen and oxygen atoms in total. The predicted molar refractivity (Wildman–Crippen MR) is 117 cm³/mol. The zero-order valence-electron chi connectivity index (χ0n) is 17.0. The Morgan fingerprint density at radius 2 is 1.87 bits per heavy atom. The fraction of sp³-hybridized carbons (Fsp3) is 0.280. The molecule has 0 saturated heterocycles. The second-order valence-electron chi connectivity index (χ2n) is 7.96. The summed E-state index contributed by atoms with van der Waals surface area (Å²) in [6, 6.07) is 17.6. The topological polar surface area (TPSA) is 82.5 Å². The van der Waals surface area contributed by atoms with Crippen molar-refractivity contribution in [3.05, 3.63) is 88.7 Å². The number of pyridine rings is 1. The Hall–Kier alpha value is -3.02. The monoisotopic (exact) mass is 402 g/mol. The van der Waals surface area contributed by atoms with Crippen molar-refractivity contribution in [2.24, 2.45) is 0 Å². The van der Waals surface area contributed by atoms with Crippen molar-refractivity contribution in [1.82, 2.24) is 10.3 Å². The molecule has 0 unspecified atom stereocenters. The van der Waals surface area contributed by atoms with E-state index in [1.807, 2.05) is 31.2 Å². The molecule has 3 aromatic rings. The summed E-state index contributed by atoms with van der Waals surface area (Å²) in [5, 5.41) is 23.0. The summed E-state index contributed by atoms with van der Waals surface area (Å²) in [5.41, 5.74) is 6.85. The van der Waals surface area contributed by atoms with Gasteiger partial charge in [-0.05, 0) is 66.6 Å². The Kier molecular flexibility index (Phi) is 5.93. The van der Waals surface area contributed by atoms with Crippen molar-refractivity contribution in [2.45, 2.75) is 38.3 Å². The van der Waals surface area contributed by atoms with E-state index in [1.165, 1.54) is 11.1 Å². The first-order chi connectivity index (χ1) is 14.5. The number of aromatic carboxylic acids is 1. The van der Waals surface area contributed by atoms with Gasteiger partial charge < -0.3 is 15.5 Å². The summed E-state index contributed by atoms with van der Waals surface area (Å²) in [6.07, 6.45) is 4.12.